The van der Waals surface area contributed by atoms with E-state index >= 15 is 0 Å². The van der Waals surface area contributed by atoms with Crippen LogP contribution in [0.25, 0.3) is 0 Å². The number of carbonyl (C=O) groups is 1. The standard InChI is InChI=1S/C15H21N3O3/c1-10-5-11(2)8-17(7-10)9-13-4-3-12(15(16)19)6-14(13)18(20)21/h3-4,6,10-11H,5,7-9H2,1-2H3,(H2,16,19)/t10-,11+. The molecule has 6 nitrogen and oxygen atoms in total. The fourth-order valence-corrected chi connectivity index (χ4v) is 3.18. The predicted molar refractivity (Wildman–Crippen MR) is 79.8 cm³/mol. The molecule has 2 rings (SSSR count). The summed E-state index contributed by atoms with van der Waals surface area (Å²) in [6.45, 7) is 6.82. The van der Waals surface area contributed by atoms with Crippen LogP contribution in [0.3, 0.4) is 0 Å². The monoisotopic (exact) mass is 291 g/mol. The van der Waals surface area contributed by atoms with Crippen molar-refractivity contribution in [1.29, 1.82) is 0 Å². The predicted octanol–water partition coefficient (Wildman–Crippen LogP) is 2.17. The molecule has 0 saturated carbocycles. The van der Waals surface area contributed by atoms with E-state index in [1.165, 1.54) is 12.5 Å². The molecule has 0 radical (unpaired) electrons. The molecule has 1 aromatic carbocycles. The van der Waals surface area contributed by atoms with E-state index in [1.807, 2.05) is 0 Å². The molecule has 2 N–H and O–H groups in total. The average molecular weight is 291 g/mol. The number of primary amides is 1. The lowest BCUT2D eigenvalue weighted by atomic mass is 9.91. The van der Waals surface area contributed by atoms with Gasteiger partial charge in [0.15, 0.2) is 0 Å². The van der Waals surface area contributed by atoms with E-state index < -0.39 is 10.8 Å². The van der Waals surface area contributed by atoms with E-state index in [2.05, 4.69) is 18.7 Å². The quantitative estimate of drug-likeness (QED) is 0.680. The first-order valence-corrected chi connectivity index (χ1v) is 7.16. The summed E-state index contributed by atoms with van der Waals surface area (Å²) in [5.41, 5.74) is 5.95. The Balaban J connectivity index is 2.23. The van der Waals surface area contributed by atoms with Gasteiger partial charge >= 0.3 is 0 Å². The number of hydrogen-bond donors (Lipinski definition) is 1. The van der Waals surface area contributed by atoms with Crippen LogP contribution in [-0.2, 0) is 6.54 Å². The molecular weight excluding hydrogens is 270 g/mol. The fraction of sp³-hybridized carbons (Fsp3) is 0.533. The van der Waals surface area contributed by atoms with Crippen LogP contribution in [0.1, 0.15) is 36.2 Å². The highest BCUT2D eigenvalue weighted by Crippen LogP contribution is 2.26. The number of nitro groups is 1. The van der Waals surface area contributed by atoms with Crippen molar-refractivity contribution in [2.24, 2.45) is 17.6 Å². The minimum absolute atomic E-state index is 0.0304. The molecule has 0 unspecified atom stereocenters. The Kier molecular flexibility index (Phi) is 4.57. The lowest BCUT2D eigenvalue weighted by Gasteiger charge is -2.34. The number of piperidine rings is 1. The molecule has 0 bridgehead atoms. The molecule has 21 heavy (non-hydrogen) atoms. The highest BCUT2D eigenvalue weighted by molar-refractivity contribution is 5.93. The van der Waals surface area contributed by atoms with Crippen molar-refractivity contribution < 1.29 is 9.72 Å². The number of hydrogen-bond acceptors (Lipinski definition) is 4. The van der Waals surface area contributed by atoms with Gasteiger partial charge in [0.2, 0.25) is 5.91 Å². The van der Waals surface area contributed by atoms with Crippen molar-refractivity contribution in [3.05, 3.63) is 39.4 Å². The van der Waals surface area contributed by atoms with Gasteiger partial charge in [-0.05, 0) is 24.3 Å². The number of nitrogens with zero attached hydrogens (tertiary/aromatic N) is 2. The van der Waals surface area contributed by atoms with Gasteiger partial charge in [0.25, 0.3) is 5.69 Å². The van der Waals surface area contributed by atoms with Gasteiger partial charge in [-0.1, -0.05) is 19.9 Å². The van der Waals surface area contributed by atoms with Crippen molar-refractivity contribution in [2.45, 2.75) is 26.8 Å². The van der Waals surface area contributed by atoms with Crippen molar-refractivity contribution in [1.82, 2.24) is 4.90 Å². The van der Waals surface area contributed by atoms with Crippen LogP contribution in [0.2, 0.25) is 0 Å². The molecule has 0 aromatic heterocycles. The van der Waals surface area contributed by atoms with Gasteiger partial charge in [0, 0.05) is 36.8 Å². The number of likely N-dealkylation sites (tertiary alicyclic amines) is 1. The van der Waals surface area contributed by atoms with Gasteiger partial charge in [-0.15, -0.1) is 0 Å². The molecule has 114 valence electrons. The third-order valence-corrected chi connectivity index (χ3v) is 3.90. The number of nitro benzene ring substituents is 1. The van der Waals surface area contributed by atoms with Crippen LogP contribution >= 0.6 is 0 Å². The molecule has 1 saturated heterocycles. The first-order valence-electron chi connectivity index (χ1n) is 7.16. The maximum Gasteiger partial charge on any atom is 0.274 e. The SMILES string of the molecule is C[C@@H]1C[C@H](C)CN(Cc2ccc(C(N)=O)cc2[N+](=O)[O-])C1. The number of rotatable bonds is 4. The third kappa shape index (κ3) is 3.78. The Morgan fingerprint density at radius 3 is 2.52 bits per heavy atom. The Morgan fingerprint density at radius 2 is 2.00 bits per heavy atom. The molecule has 0 spiro atoms. The molecule has 1 aliphatic rings. The highest BCUT2D eigenvalue weighted by atomic mass is 16.6. The Hall–Kier alpha value is -1.95. The number of carbonyl (C=O) groups excluding carboxylic acids is 1. The van der Waals surface area contributed by atoms with Crippen molar-refractivity contribution in [2.75, 3.05) is 13.1 Å². The minimum Gasteiger partial charge on any atom is -0.366 e. The first kappa shape index (κ1) is 15.4. The van der Waals surface area contributed by atoms with Crippen LogP contribution in [0.4, 0.5) is 5.69 Å². The molecule has 1 aromatic rings. The van der Waals surface area contributed by atoms with Gasteiger partial charge in [0.1, 0.15) is 0 Å². The van der Waals surface area contributed by atoms with Crippen LogP contribution in [0, 0.1) is 22.0 Å². The van der Waals surface area contributed by atoms with Crippen molar-refractivity contribution in [3.63, 3.8) is 0 Å². The highest BCUT2D eigenvalue weighted by Gasteiger charge is 2.24. The first-order chi connectivity index (χ1) is 9.86. The van der Waals surface area contributed by atoms with E-state index in [0.717, 1.165) is 13.1 Å². The molecule has 2 atom stereocenters. The maximum absolute atomic E-state index is 11.2. The van der Waals surface area contributed by atoms with E-state index in [1.54, 1.807) is 12.1 Å². The zero-order valence-corrected chi connectivity index (χ0v) is 12.4. The Labute approximate surface area is 124 Å². The lowest BCUT2D eigenvalue weighted by Crippen LogP contribution is -2.38. The summed E-state index contributed by atoms with van der Waals surface area (Å²) in [4.78, 5) is 24.1. The third-order valence-electron chi connectivity index (χ3n) is 3.90. The van der Waals surface area contributed by atoms with Gasteiger partial charge in [0.05, 0.1) is 4.92 Å². The second-order valence-electron chi connectivity index (χ2n) is 6.10. The smallest absolute Gasteiger partial charge is 0.274 e. The topological polar surface area (TPSA) is 89.5 Å². The Bertz CT molecular complexity index is 549. The summed E-state index contributed by atoms with van der Waals surface area (Å²) in [5, 5.41) is 11.2. The number of nitrogens with two attached hydrogens (primary N) is 1. The number of benzene rings is 1. The molecule has 1 fully saturated rings. The largest absolute Gasteiger partial charge is 0.366 e. The molecule has 1 aliphatic heterocycles. The van der Waals surface area contributed by atoms with Crippen molar-refractivity contribution in [3.8, 4) is 0 Å². The maximum atomic E-state index is 11.2. The summed E-state index contributed by atoms with van der Waals surface area (Å²) in [7, 11) is 0. The van der Waals surface area contributed by atoms with Gasteiger partial charge < -0.3 is 5.73 Å². The molecule has 1 heterocycles. The summed E-state index contributed by atoms with van der Waals surface area (Å²) in [6, 6.07) is 4.47. The Morgan fingerprint density at radius 1 is 1.38 bits per heavy atom. The van der Waals surface area contributed by atoms with Crippen LogP contribution in [0.15, 0.2) is 18.2 Å². The molecule has 6 heteroatoms. The van der Waals surface area contributed by atoms with E-state index in [9.17, 15) is 14.9 Å². The zero-order valence-electron chi connectivity index (χ0n) is 12.4. The molecular formula is C15H21N3O3. The van der Waals surface area contributed by atoms with Crippen molar-refractivity contribution >= 4 is 11.6 Å². The zero-order chi connectivity index (χ0) is 15.6. The van der Waals surface area contributed by atoms with Gasteiger partial charge in [-0.3, -0.25) is 19.8 Å². The van der Waals surface area contributed by atoms with Crippen LogP contribution in [0.5, 0.6) is 0 Å². The molecule has 1 amide bonds. The summed E-state index contributed by atoms with van der Waals surface area (Å²) >= 11 is 0. The number of amides is 1. The summed E-state index contributed by atoms with van der Waals surface area (Å²) in [5.74, 6) is 0.542. The summed E-state index contributed by atoms with van der Waals surface area (Å²) in [6.07, 6.45) is 1.19. The lowest BCUT2D eigenvalue weighted by molar-refractivity contribution is -0.385. The normalized spacial score (nSPS) is 23.0. The van der Waals surface area contributed by atoms with Crippen LogP contribution < -0.4 is 5.73 Å². The van der Waals surface area contributed by atoms with E-state index in [0.29, 0.717) is 23.9 Å². The second-order valence-corrected chi connectivity index (χ2v) is 6.10. The van der Waals surface area contributed by atoms with Gasteiger partial charge in [-0.25, -0.2) is 0 Å². The van der Waals surface area contributed by atoms with E-state index in [-0.39, 0.29) is 11.3 Å². The van der Waals surface area contributed by atoms with Gasteiger partial charge in [-0.2, -0.15) is 0 Å². The second kappa shape index (κ2) is 6.22. The fourth-order valence-electron chi connectivity index (χ4n) is 3.18. The molecule has 0 aliphatic carbocycles. The van der Waals surface area contributed by atoms with E-state index in [4.69, 9.17) is 5.73 Å². The average Bonchev–Trinajstić information content (AvgIpc) is 2.37. The summed E-state index contributed by atoms with van der Waals surface area (Å²) < 4.78 is 0. The van der Waals surface area contributed by atoms with Crippen LogP contribution in [-0.4, -0.2) is 28.8 Å². The minimum atomic E-state index is -0.648.